The summed E-state index contributed by atoms with van der Waals surface area (Å²) in [7, 11) is -1.27. The molecule has 0 spiro atoms. The summed E-state index contributed by atoms with van der Waals surface area (Å²) in [6.07, 6.45) is 0. The second kappa shape index (κ2) is 7.35. The average molecular weight is 321 g/mol. The molecule has 1 aromatic carbocycles. The molecule has 2 rings (SSSR count). The van der Waals surface area contributed by atoms with Crippen molar-refractivity contribution in [3.63, 3.8) is 0 Å². The maximum absolute atomic E-state index is 9.27. The van der Waals surface area contributed by atoms with Crippen molar-refractivity contribution in [3.8, 4) is 5.75 Å². The van der Waals surface area contributed by atoms with Crippen molar-refractivity contribution in [2.75, 3.05) is 0 Å². The number of nitrogens with zero attached hydrogens (tertiary/aromatic N) is 1. The third-order valence-electron chi connectivity index (χ3n) is 2.74. The van der Waals surface area contributed by atoms with Gasteiger partial charge in [0.05, 0.1) is 5.52 Å². The van der Waals surface area contributed by atoms with Gasteiger partial charge in [-0.25, -0.2) is 0 Å². The molecule has 2 N–H and O–H groups in total. The summed E-state index contributed by atoms with van der Waals surface area (Å²) in [6, 6.07) is 7.59. The SMILES string of the molecule is CC(C)C.Cn1c(B(O)O)cc2ccc(O[Si](C)(C)C)cc21. The van der Waals surface area contributed by atoms with Crippen LogP contribution in [-0.2, 0) is 7.05 Å². The summed E-state index contributed by atoms with van der Waals surface area (Å²) < 4.78 is 7.71. The topological polar surface area (TPSA) is 54.6 Å². The van der Waals surface area contributed by atoms with Crippen LogP contribution < -0.4 is 10.0 Å². The maximum Gasteiger partial charge on any atom is 0.505 e. The van der Waals surface area contributed by atoms with Crippen molar-refractivity contribution < 1.29 is 14.5 Å². The summed E-state index contributed by atoms with van der Waals surface area (Å²) in [5.74, 6) is 1.67. The van der Waals surface area contributed by atoms with E-state index in [1.165, 1.54) is 0 Å². The smallest absolute Gasteiger partial charge is 0.505 e. The summed E-state index contributed by atoms with van der Waals surface area (Å²) in [5.41, 5.74) is 1.42. The standard InChI is InChI=1S/C12H18BNO3Si.C4H10/c1-14-11-8-10(17-18(2,3)4)6-5-9(11)7-12(14)13(15)16;1-4(2)3/h5-8,15-16H,1-4H3;4H,1-3H3. The predicted molar refractivity (Wildman–Crippen MR) is 97.2 cm³/mol. The summed E-state index contributed by atoms with van der Waals surface area (Å²) in [5, 5.41) is 19.5. The van der Waals surface area contributed by atoms with Crippen molar-refractivity contribution in [1.29, 1.82) is 0 Å². The Balaban J connectivity index is 0.000000541. The molecule has 4 nitrogen and oxygen atoms in total. The molecule has 0 amide bonds. The number of hydrogen-bond acceptors (Lipinski definition) is 3. The van der Waals surface area contributed by atoms with Crippen LogP contribution in [0.15, 0.2) is 24.3 Å². The van der Waals surface area contributed by atoms with E-state index in [0.29, 0.717) is 5.59 Å². The zero-order valence-electron chi connectivity index (χ0n) is 14.7. The van der Waals surface area contributed by atoms with Gasteiger partial charge in [-0.2, -0.15) is 0 Å². The van der Waals surface area contributed by atoms with Crippen molar-refractivity contribution in [2.24, 2.45) is 13.0 Å². The Bertz CT molecular complexity index is 615. The van der Waals surface area contributed by atoms with Gasteiger partial charge in [-0.1, -0.05) is 20.8 Å². The van der Waals surface area contributed by atoms with Crippen LogP contribution in [0.2, 0.25) is 19.6 Å². The quantitative estimate of drug-likeness (QED) is 0.855. The van der Waals surface area contributed by atoms with Gasteiger partial charge in [-0.05, 0) is 49.1 Å². The van der Waals surface area contributed by atoms with Gasteiger partial charge >= 0.3 is 7.12 Å². The van der Waals surface area contributed by atoms with E-state index >= 15 is 0 Å². The van der Waals surface area contributed by atoms with E-state index in [2.05, 4.69) is 40.4 Å². The molecule has 0 aliphatic carbocycles. The highest BCUT2D eigenvalue weighted by Crippen LogP contribution is 2.23. The van der Waals surface area contributed by atoms with Gasteiger partial charge in [0.15, 0.2) is 0 Å². The Kier molecular flexibility index (Phi) is 6.29. The lowest BCUT2D eigenvalue weighted by Crippen LogP contribution is -2.34. The molecule has 0 radical (unpaired) electrons. The van der Waals surface area contributed by atoms with Crippen LogP contribution in [-0.4, -0.2) is 30.1 Å². The van der Waals surface area contributed by atoms with E-state index in [-0.39, 0.29) is 0 Å². The fourth-order valence-electron chi connectivity index (χ4n) is 2.00. The third kappa shape index (κ3) is 5.51. The molecule has 0 saturated carbocycles. The Morgan fingerprint density at radius 1 is 1.09 bits per heavy atom. The molecule has 0 saturated heterocycles. The fourth-order valence-corrected chi connectivity index (χ4v) is 2.83. The molecule has 0 fully saturated rings. The zero-order chi connectivity index (χ0) is 17.1. The molecular weight excluding hydrogens is 293 g/mol. The van der Waals surface area contributed by atoms with E-state index in [9.17, 15) is 10.0 Å². The molecule has 0 aliphatic heterocycles. The van der Waals surface area contributed by atoms with Crippen molar-refractivity contribution in [2.45, 2.75) is 40.4 Å². The van der Waals surface area contributed by atoms with Crippen LogP contribution >= 0.6 is 0 Å². The first-order chi connectivity index (χ1) is 10.0. The van der Waals surface area contributed by atoms with Crippen LogP contribution in [0.4, 0.5) is 0 Å². The minimum absolute atomic E-state index is 0.482. The van der Waals surface area contributed by atoms with Gasteiger partial charge in [0.25, 0.3) is 0 Å². The molecule has 0 bridgehead atoms. The minimum Gasteiger partial charge on any atom is -0.544 e. The first-order valence-corrected chi connectivity index (χ1v) is 11.1. The Morgan fingerprint density at radius 2 is 1.64 bits per heavy atom. The van der Waals surface area contributed by atoms with Crippen molar-refractivity contribution in [3.05, 3.63) is 24.3 Å². The lowest BCUT2D eigenvalue weighted by atomic mass is 9.86. The fraction of sp³-hybridized carbons (Fsp3) is 0.500. The monoisotopic (exact) mass is 321 g/mol. The molecule has 0 aliphatic rings. The van der Waals surface area contributed by atoms with Crippen LogP contribution in [0.25, 0.3) is 10.9 Å². The summed E-state index contributed by atoms with van der Waals surface area (Å²) in [6.45, 7) is 12.9. The largest absolute Gasteiger partial charge is 0.544 e. The van der Waals surface area contributed by atoms with Crippen LogP contribution in [0.3, 0.4) is 0 Å². The van der Waals surface area contributed by atoms with Gasteiger partial charge in [-0.15, -0.1) is 0 Å². The average Bonchev–Trinajstić information content (AvgIpc) is 2.64. The summed E-state index contributed by atoms with van der Waals surface area (Å²) >= 11 is 0. The second-order valence-electron chi connectivity index (χ2n) is 7.17. The number of fused-ring (bicyclic) bond motifs is 1. The molecule has 0 unspecified atom stereocenters. The first kappa shape index (κ1) is 18.8. The van der Waals surface area contributed by atoms with Crippen LogP contribution in [0.5, 0.6) is 5.75 Å². The van der Waals surface area contributed by atoms with Gasteiger partial charge in [-0.3, -0.25) is 0 Å². The zero-order valence-corrected chi connectivity index (χ0v) is 15.7. The molecule has 1 heterocycles. The van der Waals surface area contributed by atoms with Gasteiger partial charge in [0.1, 0.15) is 5.75 Å². The Labute approximate surface area is 135 Å². The molecular formula is C16H28BNO3Si. The number of hydrogen-bond donors (Lipinski definition) is 2. The normalized spacial score (nSPS) is 11.4. The van der Waals surface area contributed by atoms with E-state index in [1.54, 1.807) is 10.6 Å². The molecule has 0 atom stereocenters. The van der Waals surface area contributed by atoms with E-state index in [1.807, 2.05) is 25.2 Å². The Hall–Kier alpha value is -1.24. The van der Waals surface area contributed by atoms with E-state index in [0.717, 1.165) is 22.6 Å². The lowest BCUT2D eigenvalue weighted by Gasteiger charge is -2.19. The highest BCUT2D eigenvalue weighted by Gasteiger charge is 2.19. The molecule has 6 heteroatoms. The van der Waals surface area contributed by atoms with E-state index in [4.69, 9.17) is 4.43 Å². The third-order valence-corrected chi connectivity index (χ3v) is 3.59. The van der Waals surface area contributed by atoms with Crippen molar-refractivity contribution in [1.82, 2.24) is 4.57 Å². The van der Waals surface area contributed by atoms with Gasteiger partial charge < -0.3 is 19.0 Å². The van der Waals surface area contributed by atoms with Crippen molar-refractivity contribution >= 4 is 31.9 Å². The van der Waals surface area contributed by atoms with E-state index < -0.39 is 15.4 Å². The summed E-state index contributed by atoms with van der Waals surface area (Å²) in [4.78, 5) is 0. The Morgan fingerprint density at radius 3 is 2.09 bits per heavy atom. The van der Waals surface area contributed by atoms with Gasteiger partial charge in [0, 0.05) is 18.7 Å². The number of rotatable bonds is 3. The molecule has 122 valence electrons. The lowest BCUT2D eigenvalue weighted by molar-refractivity contribution is 0.423. The number of aryl methyl sites for hydroxylation is 1. The number of benzene rings is 1. The second-order valence-corrected chi connectivity index (χ2v) is 11.6. The van der Waals surface area contributed by atoms with Crippen LogP contribution in [0, 0.1) is 5.92 Å². The molecule has 2 aromatic rings. The highest BCUT2D eigenvalue weighted by molar-refractivity contribution is 6.70. The molecule has 1 aromatic heterocycles. The minimum atomic E-state index is -1.63. The van der Waals surface area contributed by atoms with Crippen LogP contribution in [0.1, 0.15) is 20.8 Å². The van der Waals surface area contributed by atoms with Gasteiger partial charge in [0.2, 0.25) is 8.32 Å². The maximum atomic E-state index is 9.27. The molecule has 22 heavy (non-hydrogen) atoms. The first-order valence-electron chi connectivity index (χ1n) is 7.66. The highest BCUT2D eigenvalue weighted by atomic mass is 28.4. The predicted octanol–water partition coefficient (Wildman–Crippen LogP) is 2.73. The number of aromatic nitrogens is 1.